The van der Waals surface area contributed by atoms with Gasteiger partial charge in [-0.2, -0.15) is 0 Å². The lowest BCUT2D eigenvalue weighted by Gasteiger charge is -2.14. The van der Waals surface area contributed by atoms with Gasteiger partial charge in [0.2, 0.25) is 0 Å². The first-order valence-electron chi connectivity index (χ1n) is 19.7. The molecule has 0 saturated carbocycles. The number of para-hydroxylation sites is 1. The van der Waals surface area contributed by atoms with Gasteiger partial charge in [0.25, 0.3) is 0 Å². The van der Waals surface area contributed by atoms with E-state index in [0.29, 0.717) is 17.5 Å². The van der Waals surface area contributed by atoms with Crippen LogP contribution in [0.4, 0.5) is 0 Å². The van der Waals surface area contributed by atoms with Crippen molar-refractivity contribution in [1.29, 1.82) is 0 Å². The summed E-state index contributed by atoms with van der Waals surface area (Å²) < 4.78 is 11.6. The van der Waals surface area contributed by atoms with E-state index in [1.807, 2.05) is 34.8 Å². The van der Waals surface area contributed by atoms with Crippen LogP contribution in [0.15, 0.2) is 180 Å². The molecule has 0 aliphatic rings. The molecule has 274 valence electrons. The fourth-order valence-electron chi connectivity index (χ4n) is 8.91. The van der Waals surface area contributed by atoms with Crippen molar-refractivity contribution in [2.45, 2.75) is 0 Å². The van der Waals surface area contributed by atoms with Gasteiger partial charge in [-0.1, -0.05) is 121 Å². The van der Waals surface area contributed by atoms with Crippen molar-refractivity contribution in [3.05, 3.63) is 176 Å². The van der Waals surface area contributed by atoms with Crippen molar-refractivity contribution < 1.29 is 4.42 Å². The van der Waals surface area contributed by atoms with Gasteiger partial charge in [-0.3, -0.25) is 0 Å². The Morgan fingerprint density at radius 1 is 0.339 bits per heavy atom. The summed E-state index contributed by atoms with van der Waals surface area (Å²) in [5.74, 6) is 1.86. The Morgan fingerprint density at radius 3 is 1.92 bits per heavy atom. The molecule has 6 heteroatoms. The molecule has 4 nitrogen and oxygen atoms in total. The largest absolute Gasteiger partial charge is 0.456 e. The standard InChI is InChI=1S/C53H29N3OS2/c1-2-12-32-26-33(21-20-30(32)10-1)51-54-52(34-23-25-47-42(27-34)37-15-6-8-18-46(37)58-47)56-53(55-51)43-28-41-36-14-5-7-17-44(36)57-45(41)29-40(43)38-16-9-19-48-49(38)39-24-22-31-11-3-4-13-35(31)50(39)59-48/h1-29H. The van der Waals surface area contributed by atoms with Crippen molar-refractivity contribution in [2.24, 2.45) is 0 Å². The fraction of sp³-hybridized carbons (Fsp3) is 0. The predicted molar refractivity (Wildman–Crippen MR) is 250 cm³/mol. The van der Waals surface area contributed by atoms with Gasteiger partial charge >= 0.3 is 0 Å². The molecule has 0 aliphatic carbocycles. The highest BCUT2D eigenvalue weighted by molar-refractivity contribution is 7.27. The zero-order valence-electron chi connectivity index (χ0n) is 31.3. The molecule has 13 rings (SSSR count). The highest BCUT2D eigenvalue weighted by Crippen LogP contribution is 2.47. The third-order valence-electron chi connectivity index (χ3n) is 11.7. The summed E-state index contributed by atoms with van der Waals surface area (Å²) in [5, 5.41) is 11.8. The Kier molecular flexibility index (Phi) is 7.02. The third kappa shape index (κ3) is 5.10. The monoisotopic (exact) mass is 787 g/mol. The Bertz CT molecular complexity index is 3870. The third-order valence-corrected chi connectivity index (χ3v) is 14.1. The number of hydrogen-bond donors (Lipinski definition) is 0. The van der Waals surface area contributed by atoms with Crippen molar-refractivity contribution >= 4 is 107 Å². The van der Waals surface area contributed by atoms with Crippen molar-refractivity contribution in [3.63, 3.8) is 0 Å². The number of nitrogens with zero attached hydrogens (tertiary/aromatic N) is 3. The van der Waals surface area contributed by atoms with E-state index in [-0.39, 0.29) is 0 Å². The lowest BCUT2D eigenvalue weighted by Crippen LogP contribution is -2.01. The first-order valence-corrected chi connectivity index (χ1v) is 21.3. The number of aromatic nitrogens is 3. The zero-order chi connectivity index (χ0) is 38.6. The Balaban J connectivity index is 1.12. The lowest BCUT2D eigenvalue weighted by molar-refractivity contribution is 0.669. The van der Waals surface area contributed by atoms with E-state index in [4.69, 9.17) is 19.4 Å². The predicted octanol–water partition coefficient (Wildman–Crippen LogP) is 15.5. The van der Waals surface area contributed by atoms with E-state index in [0.717, 1.165) is 55.1 Å². The number of fused-ring (bicyclic) bond motifs is 12. The van der Waals surface area contributed by atoms with E-state index in [1.54, 1.807) is 0 Å². The number of hydrogen-bond acceptors (Lipinski definition) is 6. The molecule has 9 aromatic carbocycles. The van der Waals surface area contributed by atoms with Gasteiger partial charge in [-0.25, -0.2) is 15.0 Å². The minimum Gasteiger partial charge on any atom is -0.456 e. The minimum absolute atomic E-state index is 0.609. The van der Waals surface area contributed by atoms with Crippen LogP contribution in [0.1, 0.15) is 0 Å². The summed E-state index contributed by atoms with van der Waals surface area (Å²) >= 11 is 3.66. The van der Waals surface area contributed by atoms with E-state index in [9.17, 15) is 0 Å². The molecular formula is C53H29N3OS2. The number of furan rings is 1. The summed E-state index contributed by atoms with van der Waals surface area (Å²) in [6.07, 6.45) is 0. The SMILES string of the molecule is c1ccc2cc(-c3nc(-c4ccc5sc6ccccc6c5c4)nc(-c4cc5c(cc4-c4cccc6sc7c8ccccc8ccc7c46)oc4ccccc45)n3)ccc2c1. The molecule has 13 aromatic rings. The van der Waals surface area contributed by atoms with Crippen LogP contribution in [0.2, 0.25) is 0 Å². The molecule has 0 aliphatic heterocycles. The van der Waals surface area contributed by atoms with Gasteiger partial charge in [-0.05, 0) is 87.3 Å². The van der Waals surface area contributed by atoms with Crippen molar-refractivity contribution in [2.75, 3.05) is 0 Å². The molecule has 4 heterocycles. The molecule has 0 fully saturated rings. The zero-order valence-corrected chi connectivity index (χ0v) is 32.9. The normalized spacial score (nSPS) is 12.1. The maximum atomic E-state index is 6.59. The Hall–Kier alpha value is -7.25. The molecule has 0 bridgehead atoms. The van der Waals surface area contributed by atoms with E-state index in [2.05, 4.69) is 164 Å². The van der Waals surface area contributed by atoms with Gasteiger partial charge in [0.15, 0.2) is 17.5 Å². The first-order chi connectivity index (χ1) is 29.2. The highest BCUT2D eigenvalue weighted by atomic mass is 32.1. The average Bonchev–Trinajstić information content (AvgIpc) is 3.99. The summed E-state index contributed by atoms with van der Waals surface area (Å²) in [6, 6.07) is 62.6. The molecule has 0 N–H and O–H groups in total. The van der Waals surface area contributed by atoms with Gasteiger partial charge < -0.3 is 4.42 Å². The quantitative estimate of drug-likeness (QED) is 0.178. The van der Waals surface area contributed by atoms with E-state index in [1.165, 1.54) is 56.5 Å². The van der Waals surface area contributed by atoms with Crippen LogP contribution in [0.25, 0.3) is 129 Å². The maximum absolute atomic E-state index is 6.59. The molecular weight excluding hydrogens is 759 g/mol. The second kappa shape index (κ2) is 12.6. The molecule has 0 unspecified atom stereocenters. The second-order valence-corrected chi connectivity index (χ2v) is 17.2. The van der Waals surface area contributed by atoms with E-state index >= 15 is 0 Å². The van der Waals surface area contributed by atoms with Crippen LogP contribution >= 0.6 is 22.7 Å². The summed E-state index contributed by atoms with van der Waals surface area (Å²) in [5.41, 5.74) is 6.60. The maximum Gasteiger partial charge on any atom is 0.164 e. The fourth-order valence-corrected chi connectivity index (χ4v) is 11.3. The van der Waals surface area contributed by atoms with Crippen molar-refractivity contribution in [3.8, 4) is 45.3 Å². The summed E-state index contributed by atoms with van der Waals surface area (Å²) in [7, 11) is 0. The highest BCUT2D eigenvalue weighted by Gasteiger charge is 2.22. The summed E-state index contributed by atoms with van der Waals surface area (Å²) in [6.45, 7) is 0. The van der Waals surface area contributed by atoms with Crippen LogP contribution in [0.5, 0.6) is 0 Å². The van der Waals surface area contributed by atoms with Gasteiger partial charge in [-0.15, -0.1) is 22.7 Å². The average molecular weight is 788 g/mol. The molecule has 59 heavy (non-hydrogen) atoms. The number of benzene rings is 9. The van der Waals surface area contributed by atoms with E-state index < -0.39 is 0 Å². The second-order valence-electron chi connectivity index (χ2n) is 15.1. The first kappa shape index (κ1) is 32.8. The summed E-state index contributed by atoms with van der Waals surface area (Å²) in [4.78, 5) is 16.1. The molecule has 4 aromatic heterocycles. The number of thiophene rings is 2. The van der Waals surface area contributed by atoms with Crippen LogP contribution in [0.3, 0.4) is 0 Å². The lowest BCUT2D eigenvalue weighted by atomic mass is 9.93. The molecule has 0 radical (unpaired) electrons. The van der Waals surface area contributed by atoms with Crippen LogP contribution < -0.4 is 0 Å². The molecule has 0 saturated heterocycles. The molecule has 0 amide bonds. The van der Waals surface area contributed by atoms with Crippen LogP contribution in [-0.2, 0) is 0 Å². The van der Waals surface area contributed by atoms with Gasteiger partial charge in [0, 0.05) is 67.8 Å². The van der Waals surface area contributed by atoms with Crippen LogP contribution in [0, 0.1) is 0 Å². The minimum atomic E-state index is 0.609. The Morgan fingerprint density at radius 2 is 1.02 bits per heavy atom. The molecule has 0 atom stereocenters. The smallest absolute Gasteiger partial charge is 0.164 e. The van der Waals surface area contributed by atoms with Gasteiger partial charge in [0.05, 0.1) is 0 Å². The topological polar surface area (TPSA) is 51.8 Å². The van der Waals surface area contributed by atoms with Crippen LogP contribution in [-0.4, -0.2) is 15.0 Å². The number of rotatable bonds is 4. The molecule has 0 spiro atoms. The van der Waals surface area contributed by atoms with Gasteiger partial charge in [0.1, 0.15) is 11.2 Å². The Labute approximate surface area is 345 Å². The van der Waals surface area contributed by atoms with Crippen molar-refractivity contribution in [1.82, 2.24) is 15.0 Å².